The lowest BCUT2D eigenvalue weighted by Crippen LogP contribution is -2.49. The highest BCUT2D eigenvalue weighted by Gasteiger charge is 2.42. The normalized spacial score (nSPS) is 18.5. The molecule has 1 N–H and O–H groups in total. The molecule has 1 aliphatic heterocycles. The van der Waals surface area contributed by atoms with Crippen molar-refractivity contribution in [3.05, 3.63) is 12.2 Å². The minimum absolute atomic E-state index is 0.457. The summed E-state index contributed by atoms with van der Waals surface area (Å²) in [7, 11) is 0. The quantitative estimate of drug-likeness (QED) is 0.686. The molecule has 0 aromatic heterocycles. The van der Waals surface area contributed by atoms with Gasteiger partial charge in [0.1, 0.15) is 0 Å². The van der Waals surface area contributed by atoms with Gasteiger partial charge >= 0.3 is 5.97 Å². The van der Waals surface area contributed by atoms with E-state index in [9.17, 15) is 14.4 Å². The molecule has 0 spiro atoms. The molecule has 0 bridgehead atoms. The summed E-state index contributed by atoms with van der Waals surface area (Å²) in [5, 5.41) is 8.97. The van der Waals surface area contributed by atoms with E-state index >= 15 is 0 Å². The van der Waals surface area contributed by atoms with E-state index in [2.05, 4.69) is 0 Å². The second-order valence-electron chi connectivity index (χ2n) is 4.08. The van der Waals surface area contributed by atoms with Crippen molar-refractivity contribution < 1.29 is 19.5 Å². The molecule has 1 atom stereocenters. The Labute approximate surface area is 87.4 Å². The highest BCUT2D eigenvalue weighted by molar-refractivity contribution is 6.13. The number of carbonyl (C=O) groups excluding carboxylic acids is 2. The zero-order chi connectivity index (χ0) is 11.8. The van der Waals surface area contributed by atoms with Gasteiger partial charge in [0.25, 0.3) is 11.8 Å². The van der Waals surface area contributed by atoms with E-state index in [1.807, 2.05) is 0 Å². The Bertz CT molecular complexity index is 338. The molecule has 0 radical (unpaired) electrons. The fraction of sp³-hybridized carbons (Fsp3) is 0.500. The summed E-state index contributed by atoms with van der Waals surface area (Å²) in [4.78, 5) is 34.6. The smallest absolute Gasteiger partial charge is 0.311 e. The molecule has 15 heavy (non-hydrogen) atoms. The zero-order valence-electron chi connectivity index (χ0n) is 8.85. The minimum Gasteiger partial charge on any atom is -0.481 e. The van der Waals surface area contributed by atoms with Crippen molar-refractivity contribution in [1.29, 1.82) is 0 Å². The van der Waals surface area contributed by atoms with Crippen molar-refractivity contribution in [2.75, 3.05) is 0 Å². The van der Waals surface area contributed by atoms with Crippen LogP contribution in [0.25, 0.3) is 0 Å². The molecular formula is C10H13NO4. The predicted octanol–water partition coefficient (Wildman–Crippen LogP) is 0.411. The maximum atomic E-state index is 11.3. The molecular weight excluding hydrogens is 198 g/mol. The van der Waals surface area contributed by atoms with Crippen LogP contribution >= 0.6 is 0 Å². The van der Waals surface area contributed by atoms with Crippen molar-refractivity contribution in [3.8, 4) is 0 Å². The predicted molar refractivity (Wildman–Crippen MR) is 51.9 cm³/mol. The van der Waals surface area contributed by atoms with Gasteiger partial charge in [-0.15, -0.1) is 0 Å². The van der Waals surface area contributed by atoms with E-state index in [0.717, 1.165) is 17.1 Å². The third kappa shape index (κ3) is 1.77. The Morgan fingerprint density at radius 2 is 1.73 bits per heavy atom. The number of nitrogens with zero attached hydrogens (tertiary/aromatic N) is 1. The molecule has 5 nitrogen and oxygen atoms in total. The Kier molecular flexibility index (Phi) is 2.66. The second-order valence-corrected chi connectivity index (χ2v) is 4.08. The molecule has 1 aliphatic rings. The van der Waals surface area contributed by atoms with Crippen molar-refractivity contribution >= 4 is 17.8 Å². The van der Waals surface area contributed by atoms with Gasteiger partial charge in [-0.25, -0.2) is 0 Å². The van der Waals surface area contributed by atoms with Crippen LogP contribution in [0.1, 0.15) is 20.8 Å². The number of amides is 2. The van der Waals surface area contributed by atoms with Crippen LogP contribution in [0.5, 0.6) is 0 Å². The average Bonchev–Trinajstić information content (AvgIpc) is 2.45. The highest BCUT2D eigenvalue weighted by atomic mass is 16.4. The molecule has 1 unspecified atom stereocenters. The van der Waals surface area contributed by atoms with Crippen molar-refractivity contribution in [1.82, 2.24) is 4.90 Å². The third-order valence-electron chi connectivity index (χ3n) is 2.83. The van der Waals surface area contributed by atoms with Crippen molar-refractivity contribution in [3.63, 3.8) is 0 Å². The van der Waals surface area contributed by atoms with Crippen LogP contribution in [-0.2, 0) is 14.4 Å². The first-order valence-corrected chi connectivity index (χ1v) is 4.57. The largest absolute Gasteiger partial charge is 0.481 e. The number of carboxylic acid groups (broad SMARTS) is 1. The van der Waals surface area contributed by atoms with Gasteiger partial charge in [-0.05, 0) is 20.8 Å². The molecule has 0 aliphatic carbocycles. The summed E-state index contributed by atoms with van der Waals surface area (Å²) >= 11 is 0. The third-order valence-corrected chi connectivity index (χ3v) is 2.83. The second kappa shape index (κ2) is 3.49. The van der Waals surface area contributed by atoms with Crippen molar-refractivity contribution in [2.45, 2.75) is 26.8 Å². The van der Waals surface area contributed by atoms with Crippen LogP contribution in [0, 0.1) is 5.41 Å². The number of imide groups is 1. The van der Waals surface area contributed by atoms with Gasteiger partial charge in [-0.1, -0.05) is 0 Å². The van der Waals surface area contributed by atoms with Gasteiger partial charge in [0.05, 0.1) is 11.5 Å². The molecule has 0 aromatic rings. The summed E-state index contributed by atoms with van der Waals surface area (Å²) < 4.78 is 0. The van der Waals surface area contributed by atoms with E-state index < -0.39 is 29.2 Å². The maximum absolute atomic E-state index is 11.3. The van der Waals surface area contributed by atoms with Gasteiger partial charge in [0, 0.05) is 12.2 Å². The Morgan fingerprint density at radius 3 is 2.07 bits per heavy atom. The molecule has 0 aromatic carbocycles. The summed E-state index contributed by atoms with van der Waals surface area (Å²) in [6, 6.07) is -0.676. The Morgan fingerprint density at radius 1 is 1.33 bits per heavy atom. The molecule has 5 heteroatoms. The first-order valence-electron chi connectivity index (χ1n) is 4.57. The number of hydrogen-bond donors (Lipinski definition) is 1. The van der Waals surface area contributed by atoms with Gasteiger partial charge in [0.2, 0.25) is 0 Å². The molecule has 82 valence electrons. The highest BCUT2D eigenvalue weighted by Crippen LogP contribution is 2.27. The van der Waals surface area contributed by atoms with Gasteiger partial charge in [-0.3, -0.25) is 19.3 Å². The van der Waals surface area contributed by atoms with Crippen LogP contribution in [-0.4, -0.2) is 33.8 Å². The zero-order valence-corrected chi connectivity index (χ0v) is 8.85. The van der Waals surface area contributed by atoms with Crippen molar-refractivity contribution in [2.24, 2.45) is 5.41 Å². The Hall–Kier alpha value is -1.65. The van der Waals surface area contributed by atoms with Crippen LogP contribution in [0.3, 0.4) is 0 Å². The van der Waals surface area contributed by atoms with E-state index in [0.29, 0.717) is 0 Å². The number of carbonyl (C=O) groups is 3. The lowest BCUT2D eigenvalue weighted by molar-refractivity contribution is -0.154. The van der Waals surface area contributed by atoms with Gasteiger partial charge < -0.3 is 5.11 Å². The summed E-state index contributed by atoms with van der Waals surface area (Å²) in [6.45, 7) is 4.52. The number of hydrogen-bond acceptors (Lipinski definition) is 3. The fourth-order valence-electron chi connectivity index (χ4n) is 1.29. The molecule has 1 rings (SSSR count). The standard InChI is InChI=1S/C10H13NO4/c1-6(10(2,3)9(14)15)11-7(12)4-5-8(11)13/h4-6H,1-3H3,(H,14,15). The number of rotatable bonds is 3. The molecule has 0 fully saturated rings. The maximum Gasteiger partial charge on any atom is 0.311 e. The Balaban J connectivity index is 2.95. The lowest BCUT2D eigenvalue weighted by Gasteiger charge is -2.33. The SMILES string of the molecule is CC(N1C(=O)C=CC1=O)C(C)(C)C(=O)O. The summed E-state index contributed by atoms with van der Waals surface area (Å²) in [5.74, 6) is -1.95. The van der Waals surface area contributed by atoms with E-state index in [-0.39, 0.29) is 0 Å². The summed E-state index contributed by atoms with van der Waals surface area (Å²) in [5.41, 5.74) is -1.16. The molecule has 0 saturated carbocycles. The van der Waals surface area contributed by atoms with Crippen LogP contribution in [0.15, 0.2) is 12.2 Å². The van der Waals surface area contributed by atoms with E-state index in [1.165, 1.54) is 13.8 Å². The van der Waals surface area contributed by atoms with Crippen LogP contribution < -0.4 is 0 Å². The molecule has 1 heterocycles. The minimum atomic E-state index is -1.16. The topological polar surface area (TPSA) is 74.7 Å². The first kappa shape index (κ1) is 11.4. The number of carboxylic acids is 1. The number of aliphatic carboxylic acids is 1. The van der Waals surface area contributed by atoms with Crippen LogP contribution in [0.2, 0.25) is 0 Å². The summed E-state index contributed by atoms with van der Waals surface area (Å²) in [6.07, 6.45) is 2.30. The van der Waals surface area contributed by atoms with E-state index in [4.69, 9.17) is 5.11 Å². The van der Waals surface area contributed by atoms with Gasteiger partial charge in [0.15, 0.2) is 0 Å². The fourth-order valence-corrected chi connectivity index (χ4v) is 1.29. The van der Waals surface area contributed by atoms with E-state index in [1.54, 1.807) is 6.92 Å². The van der Waals surface area contributed by atoms with Crippen LogP contribution in [0.4, 0.5) is 0 Å². The lowest BCUT2D eigenvalue weighted by atomic mass is 9.84. The first-order chi connectivity index (χ1) is 6.78. The average molecular weight is 211 g/mol. The monoisotopic (exact) mass is 211 g/mol. The van der Waals surface area contributed by atoms with Gasteiger partial charge in [-0.2, -0.15) is 0 Å². The molecule has 0 saturated heterocycles. The molecule has 2 amide bonds.